The highest BCUT2D eigenvalue weighted by Gasteiger charge is 2.28. The minimum Gasteiger partial charge on any atom is -0.454 e. The van der Waals surface area contributed by atoms with Gasteiger partial charge in [-0.1, -0.05) is 23.7 Å². The predicted octanol–water partition coefficient (Wildman–Crippen LogP) is 2.95. The first-order valence-electron chi connectivity index (χ1n) is 10.0. The van der Waals surface area contributed by atoms with Gasteiger partial charge in [-0.25, -0.2) is 4.99 Å². The van der Waals surface area contributed by atoms with Crippen LogP contribution in [0.2, 0.25) is 5.02 Å². The molecular formula is C22H25ClN4O3. The summed E-state index contributed by atoms with van der Waals surface area (Å²) >= 11 is 6.21. The number of methoxy groups -OCH3 is 1. The molecule has 0 unspecified atom stereocenters. The first kappa shape index (κ1) is 20.7. The number of aliphatic imine (C=N–C) groups is 1. The molecule has 2 aliphatic heterocycles. The SMILES string of the molecule is COCCNC(=O)C[C@H]1CN(C2=Nc3cc(Cl)ccc3Oc3ccccc32)CCN1. The molecule has 8 heteroatoms. The highest BCUT2D eigenvalue weighted by Crippen LogP contribution is 2.39. The molecule has 30 heavy (non-hydrogen) atoms. The van der Waals surface area contributed by atoms with E-state index < -0.39 is 0 Å². The summed E-state index contributed by atoms with van der Waals surface area (Å²) in [5.41, 5.74) is 1.62. The van der Waals surface area contributed by atoms with Crippen LogP contribution in [0, 0.1) is 0 Å². The van der Waals surface area contributed by atoms with Crippen LogP contribution in [-0.4, -0.2) is 62.6 Å². The van der Waals surface area contributed by atoms with Crippen LogP contribution in [0.1, 0.15) is 12.0 Å². The molecule has 0 spiro atoms. The van der Waals surface area contributed by atoms with E-state index in [-0.39, 0.29) is 11.9 Å². The number of nitrogens with zero attached hydrogens (tertiary/aromatic N) is 2. The lowest BCUT2D eigenvalue weighted by Gasteiger charge is -2.35. The van der Waals surface area contributed by atoms with Crippen molar-refractivity contribution in [3.63, 3.8) is 0 Å². The van der Waals surface area contributed by atoms with Gasteiger partial charge in [0.2, 0.25) is 5.91 Å². The molecule has 4 rings (SSSR count). The number of carbonyl (C=O) groups is 1. The van der Waals surface area contributed by atoms with Gasteiger partial charge in [-0.3, -0.25) is 4.79 Å². The monoisotopic (exact) mass is 428 g/mol. The third kappa shape index (κ3) is 4.75. The Kier molecular flexibility index (Phi) is 6.52. The van der Waals surface area contributed by atoms with E-state index in [2.05, 4.69) is 15.5 Å². The number of halogens is 1. The van der Waals surface area contributed by atoms with Crippen LogP contribution < -0.4 is 15.4 Å². The maximum atomic E-state index is 12.2. The van der Waals surface area contributed by atoms with Gasteiger partial charge in [0.25, 0.3) is 0 Å². The van der Waals surface area contributed by atoms with E-state index >= 15 is 0 Å². The average Bonchev–Trinajstić information content (AvgIpc) is 2.90. The molecule has 1 fully saturated rings. The van der Waals surface area contributed by atoms with Gasteiger partial charge in [0.05, 0.1) is 12.2 Å². The van der Waals surface area contributed by atoms with Crippen molar-refractivity contribution in [1.29, 1.82) is 0 Å². The smallest absolute Gasteiger partial charge is 0.221 e. The van der Waals surface area contributed by atoms with Gasteiger partial charge >= 0.3 is 0 Å². The van der Waals surface area contributed by atoms with Crippen molar-refractivity contribution < 1.29 is 14.3 Å². The number of para-hydroxylation sites is 1. The Bertz CT molecular complexity index is 950. The quantitative estimate of drug-likeness (QED) is 0.716. The summed E-state index contributed by atoms with van der Waals surface area (Å²) in [5.74, 6) is 2.27. The number of hydrogen-bond donors (Lipinski definition) is 2. The summed E-state index contributed by atoms with van der Waals surface area (Å²) in [6, 6.07) is 13.3. The lowest BCUT2D eigenvalue weighted by atomic mass is 10.1. The number of rotatable bonds is 5. The molecule has 2 heterocycles. The number of benzene rings is 2. The van der Waals surface area contributed by atoms with Gasteiger partial charge in [-0.2, -0.15) is 0 Å². The van der Waals surface area contributed by atoms with E-state index in [4.69, 9.17) is 26.1 Å². The van der Waals surface area contributed by atoms with Crippen molar-refractivity contribution in [2.45, 2.75) is 12.5 Å². The third-order valence-electron chi connectivity index (χ3n) is 5.11. The van der Waals surface area contributed by atoms with E-state index in [0.29, 0.717) is 42.6 Å². The van der Waals surface area contributed by atoms with Crippen molar-refractivity contribution in [3.8, 4) is 11.5 Å². The second-order valence-electron chi connectivity index (χ2n) is 7.29. The van der Waals surface area contributed by atoms with Crippen molar-refractivity contribution in [3.05, 3.63) is 53.1 Å². The Balaban J connectivity index is 1.57. The highest BCUT2D eigenvalue weighted by molar-refractivity contribution is 6.31. The van der Waals surface area contributed by atoms with Crippen molar-refractivity contribution in [2.24, 2.45) is 4.99 Å². The maximum Gasteiger partial charge on any atom is 0.221 e. The summed E-state index contributed by atoms with van der Waals surface area (Å²) in [6.07, 6.45) is 0.397. The molecule has 0 saturated carbocycles. The van der Waals surface area contributed by atoms with Crippen LogP contribution in [0.4, 0.5) is 5.69 Å². The Hall–Kier alpha value is -2.61. The number of carbonyl (C=O) groups excluding carboxylic acids is 1. The Labute approximate surface area is 181 Å². The molecule has 2 aliphatic rings. The van der Waals surface area contributed by atoms with E-state index in [1.54, 1.807) is 13.2 Å². The van der Waals surface area contributed by atoms with Crippen LogP contribution >= 0.6 is 11.6 Å². The molecule has 0 bridgehead atoms. The lowest BCUT2D eigenvalue weighted by molar-refractivity contribution is -0.121. The summed E-state index contributed by atoms with van der Waals surface area (Å²) in [4.78, 5) is 19.4. The van der Waals surface area contributed by atoms with Crippen molar-refractivity contribution in [1.82, 2.24) is 15.5 Å². The average molecular weight is 429 g/mol. The largest absolute Gasteiger partial charge is 0.454 e. The van der Waals surface area contributed by atoms with E-state index in [1.807, 2.05) is 36.4 Å². The summed E-state index contributed by atoms with van der Waals surface area (Å²) in [5, 5.41) is 6.93. The van der Waals surface area contributed by atoms with Crippen LogP contribution in [0.5, 0.6) is 11.5 Å². The van der Waals surface area contributed by atoms with Gasteiger partial charge in [-0.05, 0) is 30.3 Å². The molecule has 0 aromatic heterocycles. The molecule has 7 nitrogen and oxygen atoms in total. The van der Waals surface area contributed by atoms with Crippen LogP contribution in [-0.2, 0) is 9.53 Å². The topological polar surface area (TPSA) is 75.2 Å². The Morgan fingerprint density at radius 3 is 3.07 bits per heavy atom. The van der Waals surface area contributed by atoms with Gasteiger partial charge in [0, 0.05) is 50.8 Å². The molecule has 2 N–H and O–H groups in total. The van der Waals surface area contributed by atoms with Crippen molar-refractivity contribution >= 4 is 29.0 Å². The van der Waals surface area contributed by atoms with Gasteiger partial charge in [0.1, 0.15) is 17.3 Å². The highest BCUT2D eigenvalue weighted by atomic mass is 35.5. The second-order valence-corrected chi connectivity index (χ2v) is 7.73. The molecule has 1 atom stereocenters. The molecule has 158 valence electrons. The molecule has 1 saturated heterocycles. The molecule has 1 amide bonds. The molecular weight excluding hydrogens is 404 g/mol. The molecule has 0 radical (unpaired) electrons. The molecule has 2 aromatic carbocycles. The first-order valence-corrected chi connectivity index (χ1v) is 10.4. The normalized spacial score (nSPS) is 17.9. The Morgan fingerprint density at radius 1 is 1.33 bits per heavy atom. The standard InChI is InChI=1S/C22H25ClN4O3/c1-29-11-9-25-21(28)13-16-14-27(10-8-24-16)22-17-4-2-3-5-19(17)30-20-7-6-15(23)12-18(20)26-22/h2-7,12,16,24H,8-11,13-14H2,1H3,(H,25,28)/t16-/m0/s1. The fourth-order valence-corrected chi connectivity index (χ4v) is 3.85. The van der Waals surface area contributed by atoms with Gasteiger partial charge < -0.3 is 25.0 Å². The number of hydrogen-bond acceptors (Lipinski definition) is 6. The van der Waals surface area contributed by atoms with Gasteiger partial charge in [-0.15, -0.1) is 0 Å². The van der Waals surface area contributed by atoms with Crippen LogP contribution in [0.25, 0.3) is 0 Å². The van der Waals surface area contributed by atoms with E-state index in [1.165, 1.54) is 0 Å². The first-order chi connectivity index (χ1) is 14.6. The summed E-state index contributed by atoms with van der Waals surface area (Å²) in [7, 11) is 1.62. The number of ether oxygens (including phenoxy) is 2. The zero-order valence-corrected chi connectivity index (χ0v) is 17.6. The number of amides is 1. The van der Waals surface area contributed by atoms with Crippen LogP contribution in [0.15, 0.2) is 47.5 Å². The minimum atomic E-state index is 0.00932. The lowest BCUT2D eigenvalue weighted by Crippen LogP contribution is -2.54. The maximum absolute atomic E-state index is 12.2. The number of nitrogens with one attached hydrogen (secondary N) is 2. The fourth-order valence-electron chi connectivity index (χ4n) is 3.68. The Morgan fingerprint density at radius 2 is 2.20 bits per heavy atom. The summed E-state index contributed by atoms with van der Waals surface area (Å²) < 4.78 is 11.1. The number of piperazine rings is 1. The summed E-state index contributed by atoms with van der Waals surface area (Å²) in [6.45, 7) is 3.23. The van der Waals surface area contributed by atoms with E-state index in [9.17, 15) is 4.79 Å². The van der Waals surface area contributed by atoms with Crippen molar-refractivity contribution in [2.75, 3.05) is 39.9 Å². The third-order valence-corrected chi connectivity index (χ3v) is 5.35. The van der Waals surface area contributed by atoms with E-state index in [0.717, 1.165) is 30.2 Å². The van der Waals surface area contributed by atoms with Crippen LogP contribution in [0.3, 0.4) is 0 Å². The minimum absolute atomic E-state index is 0.00932. The predicted molar refractivity (Wildman–Crippen MR) is 117 cm³/mol. The van der Waals surface area contributed by atoms with Gasteiger partial charge in [0.15, 0.2) is 5.75 Å². The molecule has 0 aliphatic carbocycles. The number of amidine groups is 1. The number of fused-ring (bicyclic) bond motifs is 2. The second kappa shape index (κ2) is 9.47. The zero-order valence-electron chi connectivity index (χ0n) is 16.9. The zero-order chi connectivity index (χ0) is 20.9. The molecule has 2 aromatic rings. The fraction of sp³-hybridized carbons (Fsp3) is 0.364.